The van der Waals surface area contributed by atoms with Crippen molar-refractivity contribution in [2.45, 2.75) is 25.0 Å². The number of fused-ring (bicyclic) bond motifs is 1. The van der Waals surface area contributed by atoms with Crippen molar-refractivity contribution >= 4 is 28.8 Å². The Morgan fingerprint density at radius 3 is 3.00 bits per heavy atom. The Morgan fingerprint density at radius 1 is 1.60 bits per heavy atom. The zero-order valence-electron chi connectivity index (χ0n) is 11.0. The fourth-order valence-corrected chi connectivity index (χ4v) is 3.12. The lowest BCUT2D eigenvalue weighted by Gasteiger charge is -2.07. The quantitative estimate of drug-likeness (QED) is 0.861. The summed E-state index contributed by atoms with van der Waals surface area (Å²) in [5.74, 6) is 0.0569. The molecular formula is C14H15FN2O2S. The number of carboxylic acid groups (broad SMARTS) is 1. The second-order valence-corrected chi connectivity index (χ2v) is 6.24. The van der Waals surface area contributed by atoms with Gasteiger partial charge in [0.15, 0.2) is 5.16 Å². The highest BCUT2D eigenvalue weighted by atomic mass is 32.2. The summed E-state index contributed by atoms with van der Waals surface area (Å²) in [6, 6.07) is 4.49. The summed E-state index contributed by atoms with van der Waals surface area (Å²) in [5, 5.41) is 9.46. The van der Waals surface area contributed by atoms with E-state index in [2.05, 4.69) is 11.9 Å². The van der Waals surface area contributed by atoms with E-state index in [1.807, 2.05) is 4.57 Å². The number of aromatic nitrogens is 2. The van der Waals surface area contributed by atoms with Crippen molar-refractivity contribution < 1.29 is 14.3 Å². The van der Waals surface area contributed by atoms with Gasteiger partial charge in [-0.25, -0.2) is 9.37 Å². The average Bonchev–Trinajstić information content (AvgIpc) is 2.97. The van der Waals surface area contributed by atoms with E-state index in [0.717, 1.165) is 18.5 Å². The van der Waals surface area contributed by atoms with Gasteiger partial charge in [-0.2, -0.15) is 0 Å². The van der Waals surface area contributed by atoms with Gasteiger partial charge in [0.05, 0.1) is 16.8 Å². The molecule has 0 amide bonds. The standard InChI is InChI=1S/C14H15FN2O2S/c1-8-4-9(8)6-17-12-5-10(15)2-3-11(12)16-14(17)20-7-13(18)19/h2-3,5,8-9H,4,6-7H2,1H3,(H,18,19). The number of nitrogens with zero attached hydrogens (tertiary/aromatic N) is 2. The minimum atomic E-state index is -0.875. The average molecular weight is 294 g/mol. The van der Waals surface area contributed by atoms with E-state index in [0.29, 0.717) is 22.5 Å². The van der Waals surface area contributed by atoms with Crippen LogP contribution in [-0.4, -0.2) is 26.4 Å². The van der Waals surface area contributed by atoms with Crippen LogP contribution in [0.5, 0.6) is 0 Å². The molecule has 0 radical (unpaired) electrons. The zero-order valence-corrected chi connectivity index (χ0v) is 11.9. The maximum absolute atomic E-state index is 13.4. The number of carbonyl (C=O) groups is 1. The molecule has 20 heavy (non-hydrogen) atoms. The second-order valence-electron chi connectivity index (χ2n) is 5.29. The SMILES string of the molecule is CC1CC1Cn1c(SCC(=O)O)nc2ccc(F)cc21. The van der Waals surface area contributed by atoms with E-state index in [9.17, 15) is 9.18 Å². The first kappa shape index (κ1) is 13.4. The van der Waals surface area contributed by atoms with E-state index < -0.39 is 5.97 Å². The molecule has 0 bridgehead atoms. The molecule has 1 aliphatic rings. The highest BCUT2D eigenvalue weighted by Crippen LogP contribution is 2.40. The van der Waals surface area contributed by atoms with Crippen LogP contribution >= 0.6 is 11.8 Å². The predicted molar refractivity (Wildman–Crippen MR) is 75.3 cm³/mol. The minimum Gasteiger partial charge on any atom is -0.481 e. The maximum Gasteiger partial charge on any atom is 0.313 e. The van der Waals surface area contributed by atoms with Gasteiger partial charge in [-0.05, 0) is 36.5 Å². The molecule has 0 spiro atoms. The van der Waals surface area contributed by atoms with Crippen LogP contribution in [-0.2, 0) is 11.3 Å². The lowest BCUT2D eigenvalue weighted by atomic mass is 10.3. The molecule has 106 valence electrons. The first-order chi connectivity index (χ1) is 9.54. The second kappa shape index (κ2) is 5.09. The Morgan fingerprint density at radius 2 is 2.35 bits per heavy atom. The molecule has 1 aliphatic carbocycles. The van der Waals surface area contributed by atoms with Crippen molar-refractivity contribution in [2.75, 3.05) is 5.75 Å². The number of imidazole rings is 1. The number of carboxylic acids is 1. The molecule has 2 aromatic rings. The fraction of sp³-hybridized carbons (Fsp3) is 0.429. The first-order valence-corrected chi connectivity index (χ1v) is 7.53. The monoisotopic (exact) mass is 294 g/mol. The lowest BCUT2D eigenvalue weighted by Crippen LogP contribution is -2.05. The van der Waals surface area contributed by atoms with Crippen LogP contribution in [0.3, 0.4) is 0 Å². The Hall–Kier alpha value is -1.56. The van der Waals surface area contributed by atoms with Crippen molar-refractivity contribution in [3.05, 3.63) is 24.0 Å². The summed E-state index contributed by atoms with van der Waals surface area (Å²) in [6.07, 6.45) is 1.16. The number of hydrogen-bond donors (Lipinski definition) is 1. The Labute approximate surface area is 120 Å². The summed E-state index contributed by atoms with van der Waals surface area (Å²) in [6.45, 7) is 2.97. The molecule has 4 nitrogen and oxygen atoms in total. The Bertz CT molecular complexity index is 670. The zero-order chi connectivity index (χ0) is 14.3. The van der Waals surface area contributed by atoms with Gasteiger partial charge in [-0.1, -0.05) is 18.7 Å². The number of halogens is 1. The van der Waals surface area contributed by atoms with E-state index >= 15 is 0 Å². The van der Waals surface area contributed by atoms with Gasteiger partial charge in [-0.15, -0.1) is 0 Å². The van der Waals surface area contributed by atoms with Crippen molar-refractivity contribution in [1.29, 1.82) is 0 Å². The molecule has 2 unspecified atom stereocenters. The van der Waals surface area contributed by atoms with Crippen molar-refractivity contribution in [2.24, 2.45) is 11.8 Å². The van der Waals surface area contributed by atoms with Gasteiger partial charge in [0, 0.05) is 6.54 Å². The first-order valence-electron chi connectivity index (χ1n) is 6.55. The third kappa shape index (κ3) is 2.65. The van der Waals surface area contributed by atoms with Gasteiger partial charge < -0.3 is 9.67 Å². The van der Waals surface area contributed by atoms with Crippen molar-refractivity contribution in [1.82, 2.24) is 9.55 Å². The highest BCUT2D eigenvalue weighted by molar-refractivity contribution is 7.99. The molecule has 6 heteroatoms. The number of rotatable bonds is 5. The molecule has 1 saturated carbocycles. The predicted octanol–water partition coefficient (Wildman–Crippen LogP) is 3.01. The van der Waals surface area contributed by atoms with E-state index in [-0.39, 0.29) is 11.6 Å². The molecule has 3 rings (SSSR count). The van der Waals surface area contributed by atoms with Crippen LogP contribution in [0.25, 0.3) is 11.0 Å². The van der Waals surface area contributed by atoms with Crippen LogP contribution < -0.4 is 0 Å². The Kier molecular flexibility index (Phi) is 3.41. The van der Waals surface area contributed by atoms with Crippen LogP contribution in [0.4, 0.5) is 4.39 Å². The van der Waals surface area contributed by atoms with Gasteiger partial charge in [0.1, 0.15) is 5.82 Å². The van der Waals surface area contributed by atoms with Gasteiger partial charge in [0.2, 0.25) is 0 Å². The molecule has 1 fully saturated rings. The van der Waals surface area contributed by atoms with Crippen LogP contribution in [0.15, 0.2) is 23.4 Å². The number of benzene rings is 1. The molecule has 0 saturated heterocycles. The third-order valence-corrected chi connectivity index (χ3v) is 4.65. The lowest BCUT2D eigenvalue weighted by molar-refractivity contribution is -0.133. The van der Waals surface area contributed by atoms with Crippen molar-refractivity contribution in [3.63, 3.8) is 0 Å². The molecule has 0 aliphatic heterocycles. The van der Waals surface area contributed by atoms with Crippen molar-refractivity contribution in [3.8, 4) is 0 Å². The third-order valence-electron chi connectivity index (χ3n) is 3.69. The molecule has 1 aromatic heterocycles. The van der Waals surface area contributed by atoms with Crippen LogP contribution in [0.1, 0.15) is 13.3 Å². The highest BCUT2D eigenvalue weighted by Gasteiger charge is 2.33. The van der Waals surface area contributed by atoms with Crippen LogP contribution in [0, 0.1) is 17.7 Å². The van der Waals surface area contributed by atoms with Crippen LogP contribution in [0.2, 0.25) is 0 Å². The maximum atomic E-state index is 13.4. The largest absolute Gasteiger partial charge is 0.481 e. The van der Waals surface area contributed by atoms with Gasteiger partial charge >= 0.3 is 5.97 Å². The summed E-state index contributed by atoms with van der Waals surface area (Å²) in [5.41, 5.74) is 1.46. The topological polar surface area (TPSA) is 55.1 Å². The smallest absolute Gasteiger partial charge is 0.313 e. The van der Waals surface area contributed by atoms with Gasteiger partial charge in [-0.3, -0.25) is 4.79 Å². The molecule has 1 N–H and O–H groups in total. The minimum absolute atomic E-state index is 0.0357. The van der Waals surface area contributed by atoms with E-state index in [1.54, 1.807) is 6.07 Å². The fourth-order valence-electron chi connectivity index (χ4n) is 2.37. The normalized spacial score (nSPS) is 21.3. The summed E-state index contributed by atoms with van der Waals surface area (Å²) in [7, 11) is 0. The number of aliphatic carboxylic acids is 1. The molecule has 1 aromatic carbocycles. The summed E-state index contributed by atoms with van der Waals surface area (Å²) < 4.78 is 15.4. The summed E-state index contributed by atoms with van der Waals surface area (Å²) >= 11 is 1.19. The van der Waals surface area contributed by atoms with E-state index in [1.165, 1.54) is 23.9 Å². The summed E-state index contributed by atoms with van der Waals surface area (Å²) in [4.78, 5) is 15.1. The Balaban J connectivity index is 1.97. The molecular weight excluding hydrogens is 279 g/mol. The van der Waals surface area contributed by atoms with Gasteiger partial charge in [0.25, 0.3) is 0 Å². The van der Waals surface area contributed by atoms with E-state index in [4.69, 9.17) is 5.11 Å². The number of thioether (sulfide) groups is 1. The molecule has 2 atom stereocenters. The molecule has 1 heterocycles. The number of hydrogen-bond acceptors (Lipinski definition) is 3.